The first kappa shape index (κ1) is 14.4. The van der Waals surface area contributed by atoms with Crippen LogP contribution in [0.4, 0.5) is 0 Å². The second-order valence-corrected chi connectivity index (χ2v) is 5.40. The normalized spacial score (nSPS) is 12.3. The van der Waals surface area contributed by atoms with E-state index in [1.54, 1.807) is 0 Å². The summed E-state index contributed by atoms with van der Waals surface area (Å²) in [6.45, 7) is 3.98. The molecule has 1 N–H and O–H groups in total. The van der Waals surface area contributed by atoms with Crippen LogP contribution in [0.2, 0.25) is 0 Å². The zero-order valence-electron chi connectivity index (χ0n) is 12.8. The van der Waals surface area contributed by atoms with E-state index in [9.17, 15) is 4.79 Å². The number of benzene rings is 2. The summed E-state index contributed by atoms with van der Waals surface area (Å²) in [5, 5.41) is 4.05. The average Bonchev–Trinajstić information content (AvgIpc) is 2.91. The molecule has 0 aliphatic carbocycles. The number of aryl methyl sites for hydroxylation is 1. The van der Waals surface area contributed by atoms with Crippen LogP contribution in [0.3, 0.4) is 0 Å². The topological polar surface area (TPSA) is 42.2 Å². The lowest BCUT2D eigenvalue weighted by atomic mass is 10.0. The van der Waals surface area contributed by atoms with E-state index in [2.05, 4.69) is 12.2 Å². The molecule has 1 heterocycles. The Bertz CT molecular complexity index is 790. The van der Waals surface area contributed by atoms with Gasteiger partial charge in [-0.25, -0.2) is 0 Å². The van der Waals surface area contributed by atoms with Crippen LogP contribution in [0.1, 0.15) is 41.1 Å². The van der Waals surface area contributed by atoms with Gasteiger partial charge in [-0.1, -0.05) is 55.5 Å². The van der Waals surface area contributed by atoms with Gasteiger partial charge in [-0.3, -0.25) is 4.79 Å². The van der Waals surface area contributed by atoms with Gasteiger partial charge in [-0.15, -0.1) is 0 Å². The minimum absolute atomic E-state index is 0.0127. The number of amides is 1. The van der Waals surface area contributed by atoms with Crippen molar-refractivity contribution < 1.29 is 9.21 Å². The first-order valence-electron chi connectivity index (χ1n) is 7.54. The van der Waals surface area contributed by atoms with Crippen molar-refractivity contribution in [2.24, 2.45) is 0 Å². The van der Waals surface area contributed by atoms with Crippen molar-refractivity contribution in [2.45, 2.75) is 26.3 Å². The van der Waals surface area contributed by atoms with E-state index in [-0.39, 0.29) is 11.9 Å². The van der Waals surface area contributed by atoms with Gasteiger partial charge in [0, 0.05) is 10.9 Å². The van der Waals surface area contributed by atoms with Gasteiger partial charge in [0.05, 0.1) is 6.04 Å². The zero-order chi connectivity index (χ0) is 15.5. The Kier molecular flexibility index (Phi) is 3.96. The van der Waals surface area contributed by atoms with Crippen molar-refractivity contribution in [1.29, 1.82) is 0 Å². The Morgan fingerprint density at radius 1 is 1.09 bits per heavy atom. The van der Waals surface area contributed by atoms with E-state index in [0.29, 0.717) is 5.76 Å². The number of rotatable bonds is 4. The summed E-state index contributed by atoms with van der Waals surface area (Å²) >= 11 is 0. The molecule has 0 aliphatic rings. The van der Waals surface area contributed by atoms with Gasteiger partial charge in [-0.05, 0) is 25.0 Å². The summed E-state index contributed by atoms with van der Waals surface area (Å²) in [7, 11) is 0. The Hall–Kier alpha value is -2.55. The van der Waals surface area contributed by atoms with Crippen molar-refractivity contribution >= 4 is 16.9 Å². The average molecular weight is 293 g/mol. The summed E-state index contributed by atoms with van der Waals surface area (Å²) in [6.07, 6.45) is 0.828. The molecule has 0 bridgehead atoms. The van der Waals surface area contributed by atoms with E-state index in [4.69, 9.17) is 4.42 Å². The molecule has 3 aromatic rings. The third-order valence-electron chi connectivity index (χ3n) is 3.97. The number of furan rings is 1. The van der Waals surface area contributed by atoms with Crippen molar-refractivity contribution in [2.75, 3.05) is 0 Å². The fraction of sp³-hybridized carbons (Fsp3) is 0.211. The van der Waals surface area contributed by atoms with Gasteiger partial charge in [0.15, 0.2) is 5.76 Å². The van der Waals surface area contributed by atoms with Gasteiger partial charge < -0.3 is 9.73 Å². The molecule has 0 aliphatic heterocycles. The molecule has 0 spiro atoms. The maximum atomic E-state index is 12.6. The Labute approximate surface area is 130 Å². The van der Waals surface area contributed by atoms with E-state index in [1.165, 1.54) is 0 Å². The molecule has 0 unspecified atom stereocenters. The number of carbonyl (C=O) groups is 1. The van der Waals surface area contributed by atoms with E-state index in [1.807, 2.05) is 61.5 Å². The van der Waals surface area contributed by atoms with Crippen molar-refractivity contribution in [3.8, 4) is 0 Å². The largest absolute Gasteiger partial charge is 0.451 e. The van der Waals surface area contributed by atoms with Crippen LogP contribution < -0.4 is 5.32 Å². The second kappa shape index (κ2) is 6.06. The number of hydrogen-bond donors (Lipinski definition) is 1. The van der Waals surface area contributed by atoms with E-state index in [0.717, 1.165) is 28.5 Å². The van der Waals surface area contributed by atoms with Crippen LogP contribution >= 0.6 is 0 Å². The Balaban J connectivity index is 1.88. The van der Waals surface area contributed by atoms with Gasteiger partial charge in [-0.2, -0.15) is 0 Å². The highest BCUT2D eigenvalue weighted by Crippen LogP contribution is 2.26. The molecule has 1 aromatic heterocycles. The lowest BCUT2D eigenvalue weighted by Crippen LogP contribution is -2.28. The molecule has 112 valence electrons. The number of nitrogens with one attached hydrogen (secondary N) is 1. The predicted octanol–water partition coefficient (Wildman–Crippen LogP) is 4.62. The molecule has 1 atom stereocenters. The lowest BCUT2D eigenvalue weighted by Gasteiger charge is -2.16. The maximum absolute atomic E-state index is 12.6. The number of fused-ring (bicyclic) bond motifs is 1. The fourth-order valence-electron chi connectivity index (χ4n) is 2.72. The molecular formula is C19H19NO2. The van der Waals surface area contributed by atoms with Crippen LogP contribution in [-0.4, -0.2) is 5.91 Å². The van der Waals surface area contributed by atoms with Crippen molar-refractivity contribution in [3.63, 3.8) is 0 Å². The smallest absolute Gasteiger partial charge is 0.287 e. The third-order valence-corrected chi connectivity index (χ3v) is 3.97. The van der Waals surface area contributed by atoms with Crippen molar-refractivity contribution in [1.82, 2.24) is 5.32 Å². The molecule has 0 saturated heterocycles. The van der Waals surface area contributed by atoms with Gasteiger partial charge in [0.1, 0.15) is 5.58 Å². The molecule has 2 aromatic carbocycles. The van der Waals surface area contributed by atoms with E-state index >= 15 is 0 Å². The van der Waals surface area contributed by atoms with Gasteiger partial charge >= 0.3 is 0 Å². The monoisotopic (exact) mass is 293 g/mol. The van der Waals surface area contributed by atoms with Crippen LogP contribution in [0.25, 0.3) is 11.0 Å². The molecule has 3 heteroatoms. The SMILES string of the molecule is CC[C@@H](NC(=O)c1oc2ccccc2c1C)c1ccccc1. The lowest BCUT2D eigenvalue weighted by molar-refractivity contribution is 0.0909. The highest BCUT2D eigenvalue weighted by Gasteiger charge is 2.20. The Morgan fingerprint density at radius 3 is 2.45 bits per heavy atom. The quantitative estimate of drug-likeness (QED) is 0.762. The molecule has 0 radical (unpaired) electrons. The maximum Gasteiger partial charge on any atom is 0.287 e. The molecule has 22 heavy (non-hydrogen) atoms. The standard InChI is InChI=1S/C19H19NO2/c1-3-16(14-9-5-4-6-10-14)20-19(21)18-13(2)15-11-7-8-12-17(15)22-18/h4-12,16H,3H2,1-2H3,(H,20,21)/t16-/m1/s1. The van der Waals surface area contributed by atoms with E-state index < -0.39 is 0 Å². The summed E-state index contributed by atoms with van der Waals surface area (Å²) in [5.74, 6) is 0.236. The summed E-state index contributed by atoms with van der Waals surface area (Å²) in [6, 6.07) is 17.7. The highest BCUT2D eigenvalue weighted by atomic mass is 16.3. The molecule has 0 saturated carbocycles. The predicted molar refractivity (Wildman–Crippen MR) is 87.9 cm³/mol. The first-order chi connectivity index (χ1) is 10.7. The third kappa shape index (κ3) is 2.62. The molecule has 3 nitrogen and oxygen atoms in total. The van der Waals surface area contributed by atoms with Crippen LogP contribution in [0.5, 0.6) is 0 Å². The second-order valence-electron chi connectivity index (χ2n) is 5.40. The number of para-hydroxylation sites is 1. The Morgan fingerprint density at radius 2 is 1.77 bits per heavy atom. The molecule has 0 fully saturated rings. The van der Waals surface area contributed by atoms with Crippen LogP contribution in [-0.2, 0) is 0 Å². The summed E-state index contributed by atoms with van der Waals surface area (Å²) in [5.41, 5.74) is 2.74. The minimum Gasteiger partial charge on any atom is -0.451 e. The molecular weight excluding hydrogens is 274 g/mol. The van der Waals surface area contributed by atoms with Gasteiger partial charge in [0.2, 0.25) is 0 Å². The van der Waals surface area contributed by atoms with Crippen LogP contribution in [0.15, 0.2) is 59.0 Å². The fourth-order valence-corrected chi connectivity index (χ4v) is 2.72. The number of carbonyl (C=O) groups excluding carboxylic acids is 1. The molecule has 1 amide bonds. The number of hydrogen-bond acceptors (Lipinski definition) is 2. The summed E-state index contributed by atoms with van der Waals surface area (Å²) in [4.78, 5) is 12.6. The first-order valence-corrected chi connectivity index (χ1v) is 7.54. The highest BCUT2D eigenvalue weighted by molar-refractivity contribution is 5.99. The summed E-state index contributed by atoms with van der Waals surface area (Å²) < 4.78 is 5.73. The minimum atomic E-state index is -0.163. The zero-order valence-corrected chi connectivity index (χ0v) is 12.8. The van der Waals surface area contributed by atoms with Crippen molar-refractivity contribution in [3.05, 3.63) is 71.5 Å². The molecule has 3 rings (SSSR count). The van der Waals surface area contributed by atoms with Crippen LogP contribution in [0, 0.1) is 6.92 Å². The van der Waals surface area contributed by atoms with Gasteiger partial charge in [0.25, 0.3) is 5.91 Å².